The number of hydrogen-bond donors (Lipinski definition) is 1. The van der Waals surface area contributed by atoms with Crippen LogP contribution in [0.2, 0.25) is 0 Å². The maximum absolute atomic E-state index is 13.4. The van der Waals surface area contributed by atoms with E-state index in [0.29, 0.717) is 16.0 Å². The highest BCUT2D eigenvalue weighted by Crippen LogP contribution is 2.51. The van der Waals surface area contributed by atoms with Gasteiger partial charge in [-0.2, -0.15) is 0 Å². The number of nitrogens with zero attached hydrogens (tertiary/aromatic N) is 1. The molecule has 15 nitrogen and oxygen atoms in total. The zero-order chi connectivity index (χ0) is 33.5. The first-order chi connectivity index (χ1) is 22.0. The Morgan fingerprint density at radius 2 is 1.48 bits per heavy atom. The van der Waals surface area contributed by atoms with Crippen molar-refractivity contribution in [2.45, 2.75) is 23.8 Å². The number of carbonyl (C=O) groups excluding carboxylic acids is 4. The van der Waals surface area contributed by atoms with Gasteiger partial charge in [-0.15, -0.1) is 11.8 Å². The average Bonchev–Trinajstić information content (AvgIpc) is 3.30. The number of benzene rings is 2. The van der Waals surface area contributed by atoms with Crippen molar-refractivity contribution in [3.05, 3.63) is 85.6 Å². The molecule has 3 aromatic rings. The molecule has 0 fully saturated rings. The Balaban J connectivity index is 1.98. The lowest BCUT2D eigenvalue weighted by molar-refractivity contribution is -0.384. The molecule has 0 heterocycles. The highest BCUT2D eigenvalue weighted by atomic mass is 32.2. The number of non-ortho nitro benzene ring substituents is 1. The van der Waals surface area contributed by atoms with E-state index in [9.17, 15) is 34.1 Å². The van der Waals surface area contributed by atoms with Gasteiger partial charge in [0.05, 0.1) is 37.2 Å². The molecule has 0 bridgehead atoms. The van der Waals surface area contributed by atoms with E-state index < -0.39 is 46.8 Å². The highest BCUT2D eigenvalue weighted by Gasteiger charge is 2.33. The number of methoxy groups -OCH3 is 3. The lowest BCUT2D eigenvalue weighted by atomic mass is 9.95. The van der Waals surface area contributed by atoms with Crippen LogP contribution in [0.5, 0.6) is 17.2 Å². The van der Waals surface area contributed by atoms with Crippen LogP contribution in [-0.2, 0) is 20.6 Å². The van der Waals surface area contributed by atoms with Gasteiger partial charge in [0.15, 0.2) is 16.9 Å². The summed E-state index contributed by atoms with van der Waals surface area (Å²) in [6.45, 7) is 0. The van der Waals surface area contributed by atoms with Gasteiger partial charge in [0.25, 0.3) is 11.6 Å². The summed E-state index contributed by atoms with van der Waals surface area (Å²) in [7, 11) is 3.13. The zero-order valence-electron chi connectivity index (χ0n) is 24.8. The molecule has 4 rings (SSSR count). The number of nitro benzene ring substituents is 1. The van der Waals surface area contributed by atoms with Gasteiger partial charge < -0.3 is 33.7 Å². The van der Waals surface area contributed by atoms with Gasteiger partial charge in [0.1, 0.15) is 0 Å². The van der Waals surface area contributed by atoms with Crippen LogP contribution < -0.4 is 25.0 Å². The summed E-state index contributed by atoms with van der Waals surface area (Å²) in [5, 5.41) is 14.0. The number of nitrogens with one attached hydrogen (secondary N) is 1. The van der Waals surface area contributed by atoms with Crippen LogP contribution >= 0.6 is 11.8 Å². The number of nitro groups is 1. The number of carbonyl (C=O) groups is 4. The van der Waals surface area contributed by atoms with Crippen molar-refractivity contribution in [1.29, 1.82) is 0 Å². The fraction of sp³-hybridized carbons (Fsp3) is 0.233. The first kappa shape index (κ1) is 33.3. The molecular weight excluding hydrogens is 628 g/mol. The highest BCUT2D eigenvalue weighted by molar-refractivity contribution is 7.98. The van der Waals surface area contributed by atoms with E-state index in [1.807, 2.05) is 0 Å². The van der Waals surface area contributed by atoms with E-state index >= 15 is 0 Å². The number of thioether (sulfide) groups is 1. The van der Waals surface area contributed by atoms with Gasteiger partial charge >= 0.3 is 18.5 Å². The number of fused-ring (bicyclic) bond motifs is 3. The largest absolute Gasteiger partial charge is 0.513 e. The molecule has 16 heteroatoms. The predicted molar refractivity (Wildman–Crippen MR) is 161 cm³/mol. The van der Waals surface area contributed by atoms with Crippen molar-refractivity contribution in [2.24, 2.45) is 0 Å². The average molecular weight is 655 g/mol. The van der Waals surface area contributed by atoms with Crippen molar-refractivity contribution >= 4 is 41.8 Å². The van der Waals surface area contributed by atoms with Crippen LogP contribution in [0.15, 0.2) is 58.2 Å². The fourth-order valence-corrected chi connectivity index (χ4v) is 5.17. The Bertz CT molecular complexity index is 1780. The maximum atomic E-state index is 13.4. The second-order valence-electron chi connectivity index (χ2n) is 9.38. The molecular formula is C30H26N2O13S. The monoisotopic (exact) mass is 654 g/mol. The molecule has 240 valence electrons. The molecule has 1 amide bonds. The van der Waals surface area contributed by atoms with Gasteiger partial charge in [-0.25, -0.2) is 14.4 Å². The summed E-state index contributed by atoms with van der Waals surface area (Å²) >= 11 is 1.18. The second-order valence-corrected chi connectivity index (χ2v) is 10.2. The topological polar surface area (TPSA) is 196 Å². The molecule has 1 aliphatic rings. The van der Waals surface area contributed by atoms with E-state index in [4.69, 9.17) is 18.9 Å². The lowest BCUT2D eigenvalue weighted by Crippen LogP contribution is -2.29. The predicted octanol–water partition coefficient (Wildman–Crippen LogP) is 5.20. The Hall–Kier alpha value is -5.64. The molecule has 0 aliphatic heterocycles. The minimum absolute atomic E-state index is 0.124. The number of rotatable bonds is 7. The summed E-state index contributed by atoms with van der Waals surface area (Å²) in [5.41, 5.74) is 0.695. The standard InChI is InChI=1S/C30H26N2O13S/c1-40-28(35)43-22-13-16-7-11-20(31-27(34)15-5-8-17(9-6-15)32(38)39)19-14-21(33)23(46-4)12-10-18(19)24(16)26(45-30(37)42-3)25(22)44-29(36)41-2/h5-6,8-10,12-14,20H,7,11H2,1-4H3,(H,31,34)/t20-/m0/s1. The SMILES string of the molecule is COC(=O)Oc1cc2c(c(OC(=O)OC)c1OC(=O)OC)-c1ccc(SC)c(=O)cc1[C@@H](NC(=O)c1ccc([N+](=O)[O-])cc1)CC2. The molecule has 0 radical (unpaired) electrons. The van der Waals surface area contributed by atoms with Crippen LogP contribution in [0.1, 0.15) is 33.9 Å². The zero-order valence-corrected chi connectivity index (χ0v) is 25.6. The molecule has 3 aromatic carbocycles. The van der Waals surface area contributed by atoms with Crippen LogP contribution in [0.3, 0.4) is 0 Å². The molecule has 0 saturated heterocycles. The maximum Gasteiger partial charge on any atom is 0.513 e. The van der Waals surface area contributed by atoms with E-state index in [-0.39, 0.29) is 46.4 Å². The number of hydrogen-bond acceptors (Lipinski definition) is 14. The minimum Gasteiger partial charge on any atom is -0.437 e. The number of ether oxygens (including phenoxy) is 6. The Labute approximate surface area is 264 Å². The molecule has 46 heavy (non-hydrogen) atoms. The van der Waals surface area contributed by atoms with Gasteiger partial charge in [-0.1, -0.05) is 6.07 Å². The third-order valence-corrected chi connectivity index (χ3v) is 7.58. The smallest absolute Gasteiger partial charge is 0.437 e. The summed E-state index contributed by atoms with van der Waals surface area (Å²) in [6.07, 6.45) is -1.66. The molecule has 0 aromatic heterocycles. The molecule has 1 N–H and O–H groups in total. The van der Waals surface area contributed by atoms with E-state index in [2.05, 4.69) is 14.8 Å². The Morgan fingerprint density at radius 3 is 2.07 bits per heavy atom. The van der Waals surface area contributed by atoms with Crippen LogP contribution in [-0.4, -0.2) is 56.9 Å². The summed E-state index contributed by atoms with van der Waals surface area (Å²) in [6, 6.07) is 9.94. The molecule has 0 saturated carbocycles. The fourth-order valence-electron chi connectivity index (χ4n) is 4.70. The Kier molecular flexibility index (Phi) is 10.4. The van der Waals surface area contributed by atoms with Crippen molar-refractivity contribution in [1.82, 2.24) is 5.32 Å². The molecule has 0 unspecified atom stereocenters. The molecule has 1 atom stereocenters. The number of aryl methyl sites for hydroxylation is 1. The Morgan fingerprint density at radius 1 is 0.870 bits per heavy atom. The van der Waals surface area contributed by atoms with Crippen LogP contribution in [0.4, 0.5) is 20.1 Å². The minimum atomic E-state index is -1.25. The van der Waals surface area contributed by atoms with E-state index in [0.717, 1.165) is 21.3 Å². The molecule has 1 aliphatic carbocycles. The summed E-state index contributed by atoms with van der Waals surface area (Å²) < 4.78 is 29.9. The first-order valence-corrected chi connectivity index (χ1v) is 14.5. The third kappa shape index (κ3) is 7.18. The third-order valence-electron chi connectivity index (χ3n) is 6.80. The van der Waals surface area contributed by atoms with E-state index in [1.165, 1.54) is 54.2 Å². The second kappa shape index (κ2) is 14.4. The van der Waals surface area contributed by atoms with Gasteiger partial charge in [0.2, 0.25) is 5.75 Å². The van der Waals surface area contributed by atoms with Gasteiger partial charge in [0, 0.05) is 23.3 Å². The van der Waals surface area contributed by atoms with Crippen molar-refractivity contribution in [2.75, 3.05) is 27.6 Å². The normalized spacial score (nSPS) is 13.1. The van der Waals surface area contributed by atoms with Crippen molar-refractivity contribution in [3.8, 4) is 28.4 Å². The van der Waals surface area contributed by atoms with E-state index in [1.54, 1.807) is 12.3 Å². The quantitative estimate of drug-likeness (QED) is 0.0872. The number of amides is 1. The summed E-state index contributed by atoms with van der Waals surface area (Å²) in [5.74, 6) is -1.92. The molecule has 0 spiro atoms. The van der Waals surface area contributed by atoms with Gasteiger partial charge in [-0.05, 0) is 66.1 Å². The van der Waals surface area contributed by atoms with Crippen molar-refractivity contribution < 1.29 is 52.5 Å². The van der Waals surface area contributed by atoms with Gasteiger partial charge in [-0.3, -0.25) is 19.7 Å². The first-order valence-electron chi connectivity index (χ1n) is 13.3. The van der Waals surface area contributed by atoms with Crippen molar-refractivity contribution in [3.63, 3.8) is 0 Å². The summed E-state index contributed by atoms with van der Waals surface area (Å²) in [4.78, 5) is 74.4. The van der Waals surface area contributed by atoms with Crippen LogP contribution in [0, 0.1) is 10.1 Å². The lowest BCUT2D eigenvalue weighted by Gasteiger charge is -2.20. The van der Waals surface area contributed by atoms with Crippen LogP contribution in [0.25, 0.3) is 11.1 Å².